The first-order valence-corrected chi connectivity index (χ1v) is 18.5. The van der Waals surface area contributed by atoms with E-state index in [1.165, 1.54) is 45.5 Å². The predicted molar refractivity (Wildman–Crippen MR) is 177 cm³/mol. The number of carbonyl (C=O) groups is 1. The van der Waals surface area contributed by atoms with Gasteiger partial charge >= 0.3 is 0 Å². The van der Waals surface area contributed by atoms with Gasteiger partial charge in [0.15, 0.2) is 5.03 Å². The van der Waals surface area contributed by atoms with Gasteiger partial charge in [0.05, 0.1) is 41.6 Å². The molecule has 258 valence electrons. The first kappa shape index (κ1) is 36.3. The number of fused-ring (bicyclic) bond motifs is 1. The second kappa shape index (κ2) is 15.6. The molecular weight excluding hydrogens is 647 g/mol. The molecule has 0 spiro atoms. The number of benzene rings is 2. The van der Waals surface area contributed by atoms with E-state index in [2.05, 4.69) is 9.71 Å². The Morgan fingerprint density at radius 2 is 1.83 bits per heavy atom. The van der Waals surface area contributed by atoms with Crippen molar-refractivity contribution in [3.8, 4) is 5.75 Å². The smallest absolute Gasteiger partial charge is 0.280 e. The summed E-state index contributed by atoms with van der Waals surface area (Å²) in [4.78, 5) is 19.9. The van der Waals surface area contributed by atoms with Gasteiger partial charge in [-0.1, -0.05) is 25.1 Å². The van der Waals surface area contributed by atoms with Crippen LogP contribution in [0, 0.1) is 5.92 Å². The quantitative estimate of drug-likeness (QED) is 0.343. The zero-order valence-corrected chi connectivity index (χ0v) is 29.1. The minimum absolute atomic E-state index is 0.0451. The molecule has 4 atom stereocenters. The number of amides is 1. The van der Waals surface area contributed by atoms with Gasteiger partial charge in [-0.2, -0.15) is 12.7 Å². The van der Waals surface area contributed by atoms with Crippen molar-refractivity contribution in [1.82, 2.24) is 18.8 Å². The number of hydrogen-bond acceptors (Lipinski definition) is 9. The maximum absolute atomic E-state index is 14.3. The summed E-state index contributed by atoms with van der Waals surface area (Å²) in [6.07, 6.45) is 4.02. The van der Waals surface area contributed by atoms with Gasteiger partial charge < -0.3 is 24.0 Å². The normalized spacial score (nSPS) is 21.0. The lowest BCUT2D eigenvalue weighted by Gasteiger charge is -2.35. The lowest BCUT2D eigenvalue weighted by atomic mass is 10.0. The van der Waals surface area contributed by atoms with Crippen LogP contribution in [0.4, 0.5) is 5.69 Å². The van der Waals surface area contributed by atoms with Crippen molar-refractivity contribution in [2.45, 2.75) is 68.2 Å². The van der Waals surface area contributed by atoms with Crippen molar-refractivity contribution in [3.63, 3.8) is 0 Å². The van der Waals surface area contributed by atoms with Crippen molar-refractivity contribution >= 4 is 31.6 Å². The fourth-order valence-electron chi connectivity index (χ4n) is 5.31. The Labute approximate surface area is 277 Å². The summed E-state index contributed by atoms with van der Waals surface area (Å²) in [5, 5.41) is 10.0. The molecule has 0 radical (unpaired) electrons. The van der Waals surface area contributed by atoms with Crippen LogP contribution in [-0.2, 0) is 31.8 Å². The number of rotatable bonds is 9. The van der Waals surface area contributed by atoms with E-state index in [0.717, 1.165) is 6.42 Å². The van der Waals surface area contributed by atoms with E-state index in [0.29, 0.717) is 19.4 Å². The van der Waals surface area contributed by atoms with Gasteiger partial charge in [-0.3, -0.25) is 9.52 Å². The number of aromatic nitrogens is 2. The molecule has 0 saturated carbocycles. The Balaban J connectivity index is 1.68. The molecule has 0 bridgehead atoms. The molecule has 2 N–H and O–H groups in total. The van der Waals surface area contributed by atoms with Gasteiger partial charge in [0, 0.05) is 51.6 Å². The van der Waals surface area contributed by atoms with Crippen LogP contribution in [0.3, 0.4) is 0 Å². The van der Waals surface area contributed by atoms with Crippen LogP contribution in [0.1, 0.15) is 50.4 Å². The van der Waals surface area contributed by atoms with Crippen LogP contribution in [0.5, 0.6) is 5.75 Å². The Morgan fingerprint density at radius 3 is 2.49 bits per heavy atom. The Bertz CT molecular complexity index is 1720. The molecule has 0 fully saturated rings. The van der Waals surface area contributed by atoms with Crippen molar-refractivity contribution in [1.29, 1.82) is 0 Å². The van der Waals surface area contributed by atoms with E-state index in [-0.39, 0.29) is 58.6 Å². The Kier molecular flexibility index (Phi) is 12.1. The highest BCUT2D eigenvalue weighted by Crippen LogP contribution is 2.29. The number of hydrogen-bond donors (Lipinski definition) is 2. The molecule has 1 aliphatic rings. The predicted octanol–water partition coefficient (Wildman–Crippen LogP) is 3.34. The number of sulfonamides is 2. The summed E-state index contributed by atoms with van der Waals surface area (Å²) < 4.78 is 70.5. The zero-order valence-electron chi connectivity index (χ0n) is 27.4. The van der Waals surface area contributed by atoms with E-state index in [9.17, 15) is 26.7 Å². The molecule has 1 amide bonds. The first-order chi connectivity index (χ1) is 22.2. The van der Waals surface area contributed by atoms with Crippen LogP contribution >= 0.6 is 0 Å². The second-order valence-electron chi connectivity index (χ2n) is 12.1. The van der Waals surface area contributed by atoms with Gasteiger partial charge in [0.25, 0.3) is 15.9 Å². The molecule has 1 aromatic heterocycles. The monoisotopic (exact) mass is 691 g/mol. The number of nitrogens with zero attached hydrogens (tertiary/aromatic N) is 4. The Morgan fingerprint density at radius 1 is 1.11 bits per heavy atom. The molecule has 3 aromatic rings. The maximum atomic E-state index is 14.3. The number of aliphatic hydroxyl groups excluding tert-OH is 1. The van der Waals surface area contributed by atoms with Crippen LogP contribution < -0.4 is 9.46 Å². The molecule has 2 heterocycles. The topological polar surface area (TPSA) is 160 Å². The van der Waals surface area contributed by atoms with Crippen LogP contribution in [0.15, 0.2) is 71.0 Å². The number of aliphatic hydroxyl groups is 1. The average Bonchev–Trinajstić information content (AvgIpc) is 3.49. The number of imidazole rings is 1. The molecule has 2 aromatic carbocycles. The maximum Gasteiger partial charge on any atom is 0.280 e. The SMILES string of the molecule is C[C@@H]1CCCCO[C@H](CN(C)S(=O)(=O)c2ccccc2)[C@H](C)CN([C@@H](C)CO)C(=O)c2cc(NS(=O)(=O)c3cn(C)cn3)ccc2O1. The number of likely N-dealkylation sites (N-methyl/N-ethyl adjacent to an activating group) is 1. The number of aryl methyl sites for hydroxylation is 1. The lowest BCUT2D eigenvalue weighted by Crippen LogP contribution is -2.48. The van der Waals surface area contributed by atoms with Crippen molar-refractivity contribution in [2.75, 3.05) is 38.1 Å². The molecular formula is C32H45N5O8S2. The summed E-state index contributed by atoms with van der Waals surface area (Å²) in [6.45, 7) is 5.67. The molecule has 47 heavy (non-hydrogen) atoms. The van der Waals surface area contributed by atoms with Gasteiger partial charge in [-0.25, -0.2) is 13.4 Å². The van der Waals surface area contributed by atoms with Crippen molar-refractivity contribution in [3.05, 3.63) is 66.6 Å². The molecule has 13 nitrogen and oxygen atoms in total. The minimum Gasteiger partial charge on any atom is -0.490 e. The van der Waals surface area contributed by atoms with Crippen molar-refractivity contribution in [2.24, 2.45) is 13.0 Å². The number of nitrogens with one attached hydrogen (secondary N) is 1. The van der Waals surface area contributed by atoms with Crippen LogP contribution in [-0.4, -0.2) is 98.2 Å². The highest BCUT2D eigenvalue weighted by Gasteiger charge is 2.32. The molecule has 0 unspecified atom stereocenters. The number of ether oxygens (including phenoxy) is 2. The summed E-state index contributed by atoms with van der Waals surface area (Å²) in [7, 11) is -4.69. The van der Waals surface area contributed by atoms with E-state index < -0.39 is 38.1 Å². The third-order valence-corrected chi connectivity index (χ3v) is 11.3. The lowest BCUT2D eigenvalue weighted by molar-refractivity contribution is -0.00833. The molecule has 4 rings (SSSR count). The fraction of sp³-hybridized carbons (Fsp3) is 0.500. The highest BCUT2D eigenvalue weighted by atomic mass is 32.2. The van der Waals surface area contributed by atoms with E-state index in [1.54, 1.807) is 50.4 Å². The number of anilines is 1. The summed E-state index contributed by atoms with van der Waals surface area (Å²) >= 11 is 0. The second-order valence-corrected chi connectivity index (χ2v) is 15.8. The highest BCUT2D eigenvalue weighted by molar-refractivity contribution is 7.92. The minimum atomic E-state index is -4.05. The van der Waals surface area contributed by atoms with Gasteiger partial charge in [0.1, 0.15) is 5.75 Å². The van der Waals surface area contributed by atoms with Gasteiger partial charge in [-0.15, -0.1) is 0 Å². The summed E-state index contributed by atoms with van der Waals surface area (Å²) in [6, 6.07) is 12.0. The van der Waals surface area contributed by atoms with Crippen molar-refractivity contribution < 1.29 is 36.2 Å². The molecule has 0 saturated heterocycles. The third-order valence-electron chi connectivity index (χ3n) is 8.15. The average molecular weight is 692 g/mol. The Hall–Kier alpha value is -3.50. The zero-order chi connectivity index (χ0) is 34.4. The van der Waals surface area contributed by atoms with E-state index in [4.69, 9.17) is 9.47 Å². The molecule has 1 aliphatic heterocycles. The molecule has 0 aliphatic carbocycles. The standard InChI is InChI=1S/C32H45N5O8S2/c1-23-18-37(24(2)21-38)32(39)28-17-26(34-46(40,41)31-20-35(4)22-33-31)14-15-29(28)45-25(3)11-9-10-16-44-30(23)19-36(5)47(42,43)27-12-7-6-8-13-27/h6-8,12-15,17,20,22-25,30,34,38H,9-11,16,18-19,21H2,1-5H3/t23-,24+,25-,30-/m1/s1. The van der Waals surface area contributed by atoms with Crippen LogP contribution in [0.2, 0.25) is 0 Å². The largest absolute Gasteiger partial charge is 0.490 e. The fourth-order valence-corrected chi connectivity index (χ4v) is 7.54. The molecule has 15 heteroatoms. The van der Waals surface area contributed by atoms with E-state index >= 15 is 0 Å². The first-order valence-electron chi connectivity index (χ1n) is 15.6. The van der Waals surface area contributed by atoms with Gasteiger partial charge in [-0.05, 0) is 63.4 Å². The third kappa shape index (κ3) is 9.11. The van der Waals surface area contributed by atoms with E-state index in [1.807, 2.05) is 13.8 Å². The van der Waals surface area contributed by atoms with Crippen LogP contribution in [0.25, 0.3) is 0 Å². The summed E-state index contributed by atoms with van der Waals surface area (Å²) in [5.74, 6) is -0.566. The van der Waals surface area contributed by atoms with Gasteiger partial charge in [0.2, 0.25) is 10.0 Å². The summed E-state index contributed by atoms with van der Waals surface area (Å²) in [5.41, 5.74) is 0.252. The number of carbonyl (C=O) groups excluding carboxylic acids is 1.